The summed E-state index contributed by atoms with van der Waals surface area (Å²) in [7, 11) is 0. The average Bonchev–Trinajstić information content (AvgIpc) is 3.19. The van der Waals surface area contributed by atoms with E-state index in [2.05, 4.69) is 15.4 Å². The van der Waals surface area contributed by atoms with Gasteiger partial charge >= 0.3 is 0 Å². The minimum absolute atomic E-state index is 0.155. The van der Waals surface area contributed by atoms with Crippen molar-refractivity contribution >= 4 is 34.4 Å². The quantitative estimate of drug-likeness (QED) is 0.700. The lowest BCUT2D eigenvalue weighted by molar-refractivity contribution is -0.116. The van der Waals surface area contributed by atoms with Crippen LogP contribution in [0.15, 0.2) is 40.6 Å². The predicted octanol–water partition coefficient (Wildman–Crippen LogP) is 2.70. The van der Waals surface area contributed by atoms with Crippen LogP contribution < -0.4 is 10.9 Å². The number of hydrogen-bond donors (Lipinski definition) is 2. The second-order valence-electron chi connectivity index (χ2n) is 5.67. The molecule has 0 saturated carbocycles. The molecule has 0 spiro atoms. The first-order valence-corrected chi connectivity index (χ1v) is 8.51. The van der Waals surface area contributed by atoms with Crippen molar-refractivity contribution in [2.45, 2.75) is 26.4 Å². The average molecular weight is 342 g/mol. The monoisotopic (exact) mass is 342 g/mol. The summed E-state index contributed by atoms with van der Waals surface area (Å²) in [5.74, 6) is -0.235. The normalized spacial score (nSPS) is 11.6. The van der Waals surface area contributed by atoms with E-state index >= 15 is 0 Å². The molecule has 6 nitrogen and oxygen atoms in total. The molecule has 1 amide bonds. The Morgan fingerprint density at radius 3 is 3.04 bits per heavy atom. The van der Waals surface area contributed by atoms with Gasteiger partial charge in [-0.05, 0) is 37.4 Å². The molecule has 0 aliphatic heterocycles. The number of amides is 1. The van der Waals surface area contributed by atoms with Crippen molar-refractivity contribution in [1.82, 2.24) is 20.1 Å². The number of H-pyrrole nitrogens is 1. The summed E-state index contributed by atoms with van der Waals surface area (Å²) in [5.41, 5.74) is 0.874. The number of nitrogens with zero attached hydrogens (tertiary/aromatic N) is 2. The van der Waals surface area contributed by atoms with Gasteiger partial charge in [0.05, 0.1) is 12.7 Å². The van der Waals surface area contributed by atoms with Crippen LogP contribution in [-0.4, -0.2) is 20.7 Å². The third-order valence-corrected chi connectivity index (χ3v) is 4.43. The highest BCUT2D eigenvalue weighted by Crippen LogP contribution is 2.15. The molecule has 0 aromatic carbocycles. The zero-order valence-electron chi connectivity index (χ0n) is 13.4. The zero-order chi connectivity index (χ0) is 17.1. The van der Waals surface area contributed by atoms with Crippen molar-refractivity contribution in [3.8, 4) is 0 Å². The molecular formula is C17H18N4O2S. The number of hydrogen-bond acceptors (Lipinski definition) is 4. The van der Waals surface area contributed by atoms with Gasteiger partial charge in [-0.2, -0.15) is 5.10 Å². The molecule has 3 aromatic rings. The van der Waals surface area contributed by atoms with Gasteiger partial charge in [0.25, 0.3) is 5.56 Å². The summed E-state index contributed by atoms with van der Waals surface area (Å²) in [6.45, 7) is 4.48. The lowest BCUT2D eigenvalue weighted by atomic mass is 10.2. The van der Waals surface area contributed by atoms with E-state index in [-0.39, 0.29) is 17.5 Å². The Morgan fingerprint density at radius 2 is 2.33 bits per heavy atom. The van der Waals surface area contributed by atoms with Crippen molar-refractivity contribution in [3.05, 3.63) is 56.6 Å². The second kappa shape index (κ2) is 6.84. The number of carbonyl (C=O) groups is 1. The van der Waals surface area contributed by atoms with E-state index in [9.17, 15) is 9.59 Å². The van der Waals surface area contributed by atoms with Crippen LogP contribution in [0.4, 0.5) is 0 Å². The van der Waals surface area contributed by atoms with Crippen LogP contribution >= 0.6 is 11.3 Å². The predicted molar refractivity (Wildman–Crippen MR) is 95.9 cm³/mol. The molecule has 0 fully saturated rings. The van der Waals surface area contributed by atoms with Gasteiger partial charge in [0.1, 0.15) is 5.65 Å². The van der Waals surface area contributed by atoms with Gasteiger partial charge in [-0.3, -0.25) is 9.59 Å². The minimum atomic E-state index is -0.243. The molecule has 2 N–H and O–H groups in total. The third kappa shape index (κ3) is 3.46. The molecule has 0 unspecified atom stereocenters. The Bertz CT molecular complexity index is 935. The van der Waals surface area contributed by atoms with E-state index in [0.29, 0.717) is 17.8 Å². The van der Waals surface area contributed by atoms with E-state index < -0.39 is 0 Å². The Labute approximate surface area is 142 Å². The van der Waals surface area contributed by atoms with E-state index in [1.165, 1.54) is 12.2 Å². The molecule has 0 saturated heterocycles. The Hall–Kier alpha value is -2.67. The lowest BCUT2D eigenvalue weighted by Crippen LogP contribution is -2.20. The molecule has 7 heteroatoms. The van der Waals surface area contributed by atoms with Crippen molar-refractivity contribution in [2.24, 2.45) is 0 Å². The summed E-state index contributed by atoms with van der Waals surface area (Å²) in [6.07, 6.45) is 4.60. The number of aromatic amines is 1. The SMILES string of the molecule is CC(C)n1ncc2cc(C=CC(=O)NCc3cccs3)c(=O)[nH]c21. The highest BCUT2D eigenvalue weighted by molar-refractivity contribution is 7.09. The first-order valence-electron chi connectivity index (χ1n) is 7.63. The van der Waals surface area contributed by atoms with Gasteiger partial charge < -0.3 is 10.3 Å². The van der Waals surface area contributed by atoms with Gasteiger partial charge in [-0.1, -0.05) is 6.07 Å². The Kier molecular flexibility index (Phi) is 4.61. The first-order chi connectivity index (χ1) is 11.5. The van der Waals surface area contributed by atoms with Gasteiger partial charge in [-0.25, -0.2) is 4.68 Å². The maximum Gasteiger partial charge on any atom is 0.256 e. The summed E-state index contributed by atoms with van der Waals surface area (Å²) < 4.78 is 1.76. The smallest absolute Gasteiger partial charge is 0.256 e. The number of rotatable bonds is 5. The van der Waals surface area contributed by atoms with Gasteiger partial charge in [0.15, 0.2) is 0 Å². The van der Waals surface area contributed by atoms with Crippen LogP contribution in [0.5, 0.6) is 0 Å². The standard InChI is InChI=1S/C17H18N4O2S/c1-11(2)21-16-13(9-19-21)8-12(17(23)20-16)5-6-15(22)18-10-14-4-3-7-24-14/h3-9,11H,10H2,1-2H3,(H,18,22)(H,20,23). The number of pyridine rings is 1. The van der Waals surface area contributed by atoms with Crippen LogP contribution in [-0.2, 0) is 11.3 Å². The van der Waals surface area contributed by atoms with Crippen LogP contribution in [0.2, 0.25) is 0 Å². The van der Waals surface area contributed by atoms with Gasteiger partial charge in [0.2, 0.25) is 5.91 Å². The maximum absolute atomic E-state index is 12.2. The number of fused-ring (bicyclic) bond motifs is 1. The molecule has 124 valence electrons. The van der Waals surface area contributed by atoms with Crippen molar-refractivity contribution < 1.29 is 4.79 Å². The topological polar surface area (TPSA) is 79.8 Å². The fourth-order valence-electron chi connectivity index (χ4n) is 2.35. The molecule has 3 rings (SSSR count). The maximum atomic E-state index is 12.2. The molecule has 0 atom stereocenters. The number of aromatic nitrogens is 3. The van der Waals surface area contributed by atoms with Gasteiger partial charge in [0, 0.05) is 27.9 Å². The van der Waals surface area contributed by atoms with Crippen LogP contribution in [0.25, 0.3) is 17.1 Å². The van der Waals surface area contributed by atoms with Crippen LogP contribution in [0.1, 0.15) is 30.3 Å². The molecule has 3 aromatic heterocycles. The molecule has 0 aliphatic carbocycles. The molecule has 3 heterocycles. The zero-order valence-corrected chi connectivity index (χ0v) is 14.3. The molecule has 0 radical (unpaired) electrons. The van der Waals surface area contributed by atoms with Crippen LogP contribution in [0, 0.1) is 0 Å². The minimum Gasteiger partial charge on any atom is -0.348 e. The Balaban J connectivity index is 1.75. The fraction of sp³-hybridized carbons (Fsp3) is 0.235. The molecular weight excluding hydrogens is 324 g/mol. The van der Waals surface area contributed by atoms with E-state index in [1.54, 1.807) is 28.3 Å². The number of thiophene rings is 1. The number of carbonyl (C=O) groups excluding carboxylic acids is 1. The van der Waals surface area contributed by atoms with Crippen LogP contribution in [0.3, 0.4) is 0 Å². The fourth-order valence-corrected chi connectivity index (χ4v) is 3.00. The summed E-state index contributed by atoms with van der Waals surface area (Å²) in [4.78, 5) is 28.0. The summed E-state index contributed by atoms with van der Waals surface area (Å²) >= 11 is 1.58. The largest absolute Gasteiger partial charge is 0.348 e. The number of nitrogens with one attached hydrogen (secondary N) is 2. The Morgan fingerprint density at radius 1 is 1.50 bits per heavy atom. The summed E-state index contributed by atoms with van der Waals surface area (Å²) in [5, 5.41) is 9.86. The molecule has 0 bridgehead atoms. The van der Waals surface area contributed by atoms with E-state index in [1.807, 2.05) is 31.4 Å². The molecule has 24 heavy (non-hydrogen) atoms. The highest BCUT2D eigenvalue weighted by Gasteiger charge is 2.09. The van der Waals surface area contributed by atoms with Crippen molar-refractivity contribution in [2.75, 3.05) is 0 Å². The first kappa shape index (κ1) is 16.2. The van der Waals surface area contributed by atoms with Crippen molar-refractivity contribution in [1.29, 1.82) is 0 Å². The van der Waals surface area contributed by atoms with Gasteiger partial charge in [-0.15, -0.1) is 11.3 Å². The van der Waals surface area contributed by atoms with E-state index in [4.69, 9.17) is 0 Å². The molecule has 0 aliphatic rings. The van der Waals surface area contributed by atoms with Crippen molar-refractivity contribution in [3.63, 3.8) is 0 Å². The summed E-state index contributed by atoms with van der Waals surface area (Å²) in [6, 6.07) is 5.79. The highest BCUT2D eigenvalue weighted by atomic mass is 32.1. The third-order valence-electron chi connectivity index (χ3n) is 3.55. The second-order valence-corrected chi connectivity index (χ2v) is 6.70. The lowest BCUT2D eigenvalue weighted by Gasteiger charge is -2.06. The van der Waals surface area contributed by atoms with E-state index in [0.717, 1.165) is 10.3 Å².